The highest BCUT2D eigenvalue weighted by Crippen LogP contribution is 2.59. The summed E-state index contributed by atoms with van der Waals surface area (Å²) < 4.78 is 5.80. The average Bonchev–Trinajstić information content (AvgIpc) is 3.09. The Kier molecular flexibility index (Phi) is 7.86. The fourth-order valence-electron chi connectivity index (χ4n) is 7.74. The van der Waals surface area contributed by atoms with Crippen LogP contribution in [0.1, 0.15) is 79.1 Å². The van der Waals surface area contributed by atoms with Crippen LogP contribution in [-0.4, -0.2) is 59.7 Å². The summed E-state index contributed by atoms with van der Waals surface area (Å²) in [6.07, 6.45) is 12.4. The SMILES string of the molecule is CC(C)[C@H]1COCCN1C[C@@H](C)[C@H]1CC[C@H]2/C(=C/C=C3C[C@@H](O)C[C@H](O)C3)CCC[C@]12C. The summed E-state index contributed by atoms with van der Waals surface area (Å²) in [6, 6.07) is 0.561. The molecule has 3 saturated carbocycles. The molecule has 4 rings (SSSR count). The second-order valence-electron chi connectivity index (χ2n) is 12.0. The van der Waals surface area contributed by atoms with Crippen molar-refractivity contribution in [3.05, 3.63) is 23.3 Å². The lowest BCUT2D eigenvalue weighted by molar-refractivity contribution is -0.0389. The molecule has 0 aromatic rings. The molecule has 4 heteroatoms. The molecule has 0 aromatic heterocycles. The summed E-state index contributed by atoms with van der Waals surface area (Å²) in [7, 11) is 0. The van der Waals surface area contributed by atoms with Gasteiger partial charge in [-0.25, -0.2) is 0 Å². The van der Waals surface area contributed by atoms with Crippen molar-refractivity contribution < 1.29 is 14.9 Å². The topological polar surface area (TPSA) is 52.9 Å². The van der Waals surface area contributed by atoms with Gasteiger partial charge in [0.05, 0.1) is 25.4 Å². The number of ether oxygens (including phenoxy) is 1. The van der Waals surface area contributed by atoms with Crippen LogP contribution in [0, 0.1) is 29.1 Å². The van der Waals surface area contributed by atoms with Gasteiger partial charge in [0.2, 0.25) is 0 Å². The monoisotopic (exact) mass is 445 g/mol. The van der Waals surface area contributed by atoms with E-state index >= 15 is 0 Å². The van der Waals surface area contributed by atoms with Crippen LogP contribution in [0.2, 0.25) is 0 Å². The molecule has 182 valence electrons. The van der Waals surface area contributed by atoms with Gasteiger partial charge in [-0.1, -0.05) is 51.0 Å². The first-order chi connectivity index (χ1) is 15.3. The van der Waals surface area contributed by atoms with Gasteiger partial charge < -0.3 is 14.9 Å². The fraction of sp³-hybridized carbons (Fsp3) is 0.857. The molecule has 1 aliphatic heterocycles. The number of hydrogen-bond donors (Lipinski definition) is 2. The third kappa shape index (κ3) is 5.19. The number of fused-ring (bicyclic) bond motifs is 1. The first-order valence-electron chi connectivity index (χ1n) is 13.3. The third-order valence-corrected chi connectivity index (χ3v) is 9.37. The molecule has 0 radical (unpaired) electrons. The molecule has 4 fully saturated rings. The first-order valence-corrected chi connectivity index (χ1v) is 13.3. The summed E-state index contributed by atoms with van der Waals surface area (Å²) in [4.78, 5) is 2.72. The van der Waals surface area contributed by atoms with E-state index in [9.17, 15) is 10.2 Å². The highest BCUT2D eigenvalue weighted by atomic mass is 16.5. The summed E-state index contributed by atoms with van der Waals surface area (Å²) in [6.45, 7) is 13.8. The Morgan fingerprint density at radius 1 is 1.12 bits per heavy atom. The lowest BCUT2D eigenvalue weighted by Gasteiger charge is -2.46. The Morgan fingerprint density at radius 3 is 2.59 bits per heavy atom. The third-order valence-electron chi connectivity index (χ3n) is 9.37. The smallest absolute Gasteiger partial charge is 0.0624 e. The molecule has 0 amide bonds. The summed E-state index contributed by atoms with van der Waals surface area (Å²) in [5.74, 6) is 2.84. The van der Waals surface area contributed by atoms with Crippen molar-refractivity contribution in [3.63, 3.8) is 0 Å². The van der Waals surface area contributed by atoms with Gasteiger partial charge in [-0.15, -0.1) is 0 Å². The lowest BCUT2D eigenvalue weighted by atomic mass is 9.61. The quantitative estimate of drug-likeness (QED) is 0.628. The highest BCUT2D eigenvalue weighted by molar-refractivity contribution is 5.26. The molecule has 2 N–H and O–H groups in total. The van der Waals surface area contributed by atoms with E-state index in [2.05, 4.69) is 44.7 Å². The molecule has 4 nitrogen and oxygen atoms in total. The van der Waals surface area contributed by atoms with E-state index in [1.54, 1.807) is 5.57 Å². The first kappa shape index (κ1) is 24.4. The molecule has 1 saturated heterocycles. The van der Waals surface area contributed by atoms with Crippen molar-refractivity contribution in [3.8, 4) is 0 Å². The van der Waals surface area contributed by atoms with Crippen molar-refractivity contribution in [1.82, 2.24) is 4.90 Å². The lowest BCUT2D eigenvalue weighted by Crippen LogP contribution is -2.51. The molecule has 1 heterocycles. The Bertz CT molecular complexity index is 689. The molecule has 4 aliphatic rings. The summed E-state index contributed by atoms with van der Waals surface area (Å²) in [5.41, 5.74) is 3.25. The minimum Gasteiger partial charge on any atom is -0.393 e. The minimum absolute atomic E-state index is 0.383. The normalized spacial score (nSPS) is 41.2. The van der Waals surface area contributed by atoms with Gasteiger partial charge in [-0.05, 0) is 80.5 Å². The second kappa shape index (κ2) is 10.3. The molecule has 0 unspecified atom stereocenters. The number of aliphatic hydroxyl groups excluding tert-OH is 2. The van der Waals surface area contributed by atoms with Gasteiger partial charge in [-0.2, -0.15) is 0 Å². The summed E-state index contributed by atoms with van der Waals surface area (Å²) >= 11 is 0. The molecule has 7 atom stereocenters. The Balaban J connectivity index is 1.45. The maximum Gasteiger partial charge on any atom is 0.0624 e. The van der Waals surface area contributed by atoms with Crippen LogP contribution in [0.5, 0.6) is 0 Å². The van der Waals surface area contributed by atoms with E-state index in [1.807, 2.05) is 0 Å². The second-order valence-corrected chi connectivity index (χ2v) is 12.0. The Morgan fingerprint density at radius 2 is 1.88 bits per heavy atom. The molecule has 3 aliphatic carbocycles. The van der Waals surface area contributed by atoms with E-state index in [-0.39, 0.29) is 12.2 Å². The molecule has 32 heavy (non-hydrogen) atoms. The Labute approximate surface area is 196 Å². The van der Waals surface area contributed by atoms with Crippen LogP contribution < -0.4 is 0 Å². The minimum atomic E-state index is -0.383. The standard InChI is InChI=1S/C28H47NO3/c1-19(2)27-18-32-13-12-29(27)17-20(3)25-9-10-26-22(6-5-11-28(25,26)4)8-7-21-14-23(30)16-24(31)15-21/h7-8,19-20,23-27,30-31H,5-6,9-18H2,1-4H3/b22-8+/t20-,23-,24-,25-,26+,27-,28-/m1/s1. The van der Waals surface area contributed by atoms with Gasteiger partial charge in [0.15, 0.2) is 0 Å². The number of morpholine rings is 1. The van der Waals surface area contributed by atoms with Crippen LogP contribution in [-0.2, 0) is 4.74 Å². The summed E-state index contributed by atoms with van der Waals surface area (Å²) in [5, 5.41) is 20.1. The largest absolute Gasteiger partial charge is 0.393 e. The number of hydrogen-bond acceptors (Lipinski definition) is 4. The number of aliphatic hydroxyl groups is 2. The molecule has 0 spiro atoms. The van der Waals surface area contributed by atoms with Crippen molar-refractivity contribution in [2.24, 2.45) is 29.1 Å². The van der Waals surface area contributed by atoms with E-state index < -0.39 is 0 Å². The van der Waals surface area contributed by atoms with Crippen molar-refractivity contribution >= 4 is 0 Å². The zero-order valence-corrected chi connectivity index (χ0v) is 20.9. The molecule has 0 bridgehead atoms. The fourth-order valence-corrected chi connectivity index (χ4v) is 7.74. The van der Waals surface area contributed by atoms with Crippen LogP contribution in [0.3, 0.4) is 0 Å². The molecular formula is C28H47NO3. The predicted molar refractivity (Wildman–Crippen MR) is 130 cm³/mol. The molecule has 0 aromatic carbocycles. The predicted octanol–water partition coefficient (Wildman–Crippen LogP) is 4.95. The Hall–Kier alpha value is -0.680. The van der Waals surface area contributed by atoms with Gasteiger partial charge in [-0.3, -0.25) is 4.90 Å². The zero-order valence-electron chi connectivity index (χ0n) is 20.9. The van der Waals surface area contributed by atoms with E-state index in [0.717, 1.165) is 38.5 Å². The number of allylic oxidation sites excluding steroid dienone is 3. The van der Waals surface area contributed by atoms with Gasteiger partial charge in [0.1, 0.15) is 0 Å². The van der Waals surface area contributed by atoms with Crippen LogP contribution in [0.25, 0.3) is 0 Å². The zero-order chi connectivity index (χ0) is 22.9. The van der Waals surface area contributed by atoms with Crippen LogP contribution >= 0.6 is 0 Å². The van der Waals surface area contributed by atoms with Crippen molar-refractivity contribution in [1.29, 1.82) is 0 Å². The highest BCUT2D eigenvalue weighted by Gasteiger charge is 2.51. The van der Waals surface area contributed by atoms with Crippen molar-refractivity contribution in [2.45, 2.75) is 97.3 Å². The van der Waals surface area contributed by atoms with Crippen molar-refractivity contribution in [2.75, 3.05) is 26.3 Å². The van der Waals surface area contributed by atoms with Gasteiger partial charge in [0, 0.05) is 19.1 Å². The van der Waals surface area contributed by atoms with E-state index in [4.69, 9.17) is 4.74 Å². The van der Waals surface area contributed by atoms with E-state index in [0.29, 0.717) is 35.6 Å². The van der Waals surface area contributed by atoms with Crippen LogP contribution in [0.4, 0.5) is 0 Å². The number of nitrogens with zero attached hydrogens (tertiary/aromatic N) is 1. The van der Waals surface area contributed by atoms with Gasteiger partial charge in [0.25, 0.3) is 0 Å². The van der Waals surface area contributed by atoms with E-state index in [1.165, 1.54) is 44.2 Å². The number of rotatable bonds is 5. The maximum atomic E-state index is 10.0. The van der Waals surface area contributed by atoms with Gasteiger partial charge >= 0.3 is 0 Å². The molecular weight excluding hydrogens is 398 g/mol. The maximum absolute atomic E-state index is 10.0. The van der Waals surface area contributed by atoms with Crippen LogP contribution in [0.15, 0.2) is 23.3 Å². The average molecular weight is 446 g/mol.